The SMILES string of the molecule is CN(C1CCCCC1)C(C)(C)C(=O)N1CCCC1C(=O)O. The summed E-state index contributed by atoms with van der Waals surface area (Å²) in [7, 11) is 2.01. The van der Waals surface area contributed by atoms with Gasteiger partial charge in [-0.2, -0.15) is 0 Å². The van der Waals surface area contributed by atoms with E-state index in [2.05, 4.69) is 4.90 Å². The van der Waals surface area contributed by atoms with E-state index in [4.69, 9.17) is 0 Å². The first kappa shape index (κ1) is 16.3. The third kappa shape index (κ3) is 3.23. The monoisotopic (exact) mass is 296 g/mol. The summed E-state index contributed by atoms with van der Waals surface area (Å²) in [4.78, 5) is 27.9. The molecule has 0 aromatic rings. The number of nitrogens with zero attached hydrogens (tertiary/aromatic N) is 2. The molecule has 1 N–H and O–H groups in total. The Balaban J connectivity index is 2.09. The van der Waals surface area contributed by atoms with Gasteiger partial charge in [-0.15, -0.1) is 0 Å². The topological polar surface area (TPSA) is 60.9 Å². The van der Waals surface area contributed by atoms with Crippen molar-refractivity contribution in [2.75, 3.05) is 13.6 Å². The van der Waals surface area contributed by atoms with Crippen molar-refractivity contribution in [2.24, 2.45) is 0 Å². The largest absolute Gasteiger partial charge is 0.480 e. The minimum absolute atomic E-state index is 0.0412. The third-order valence-electron chi connectivity index (χ3n) is 5.33. The zero-order valence-corrected chi connectivity index (χ0v) is 13.5. The van der Waals surface area contributed by atoms with Crippen LogP contribution in [0.4, 0.5) is 0 Å². The van der Waals surface area contributed by atoms with Gasteiger partial charge in [-0.1, -0.05) is 19.3 Å². The van der Waals surface area contributed by atoms with Gasteiger partial charge in [0.1, 0.15) is 6.04 Å². The summed E-state index contributed by atoms with van der Waals surface area (Å²) in [6, 6.07) is -0.208. The van der Waals surface area contributed by atoms with Crippen LogP contribution in [0.25, 0.3) is 0 Å². The lowest BCUT2D eigenvalue weighted by Gasteiger charge is -2.43. The van der Waals surface area contributed by atoms with Gasteiger partial charge in [0, 0.05) is 12.6 Å². The van der Waals surface area contributed by atoms with Crippen LogP contribution >= 0.6 is 0 Å². The van der Waals surface area contributed by atoms with Crippen LogP contribution in [-0.2, 0) is 9.59 Å². The van der Waals surface area contributed by atoms with Crippen molar-refractivity contribution in [3.63, 3.8) is 0 Å². The predicted molar refractivity (Wildman–Crippen MR) is 81.1 cm³/mol. The maximum atomic E-state index is 12.9. The van der Waals surface area contributed by atoms with Crippen LogP contribution in [-0.4, -0.2) is 58.0 Å². The summed E-state index contributed by atoms with van der Waals surface area (Å²) < 4.78 is 0. The molecule has 1 unspecified atom stereocenters. The van der Waals surface area contributed by atoms with Crippen LogP contribution in [0.15, 0.2) is 0 Å². The van der Waals surface area contributed by atoms with E-state index in [-0.39, 0.29) is 5.91 Å². The number of rotatable bonds is 4. The minimum Gasteiger partial charge on any atom is -0.480 e. The lowest BCUT2D eigenvalue weighted by atomic mass is 9.90. The van der Waals surface area contributed by atoms with Crippen molar-refractivity contribution in [1.82, 2.24) is 9.80 Å². The Morgan fingerprint density at radius 3 is 2.29 bits per heavy atom. The van der Waals surface area contributed by atoms with Gasteiger partial charge < -0.3 is 10.0 Å². The highest BCUT2D eigenvalue weighted by molar-refractivity contribution is 5.90. The van der Waals surface area contributed by atoms with Crippen molar-refractivity contribution >= 4 is 11.9 Å². The molecule has 21 heavy (non-hydrogen) atoms. The fourth-order valence-electron chi connectivity index (χ4n) is 3.69. The molecule has 0 spiro atoms. The van der Waals surface area contributed by atoms with Gasteiger partial charge >= 0.3 is 5.97 Å². The highest BCUT2D eigenvalue weighted by atomic mass is 16.4. The molecule has 0 aromatic carbocycles. The van der Waals surface area contributed by atoms with E-state index in [0.717, 1.165) is 19.3 Å². The Labute approximate surface area is 127 Å². The Hall–Kier alpha value is -1.10. The number of likely N-dealkylation sites (tertiary alicyclic amines) is 1. The van der Waals surface area contributed by atoms with Crippen LogP contribution in [0.3, 0.4) is 0 Å². The Morgan fingerprint density at radius 1 is 1.10 bits per heavy atom. The first-order chi connectivity index (χ1) is 9.85. The number of likely N-dealkylation sites (N-methyl/N-ethyl adjacent to an activating group) is 1. The van der Waals surface area contributed by atoms with Crippen LogP contribution < -0.4 is 0 Å². The average molecular weight is 296 g/mol. The van der Waals surface area contributed by atoms with Crippen LogP contribution in [0.5, 0.6) is 0 Å². The molecule has 0 aromatic heterocycles. The summed E-state index contributed by atoms with van der Waals surface area (Å²) in [5, 5.41) is 9.28. The molecule has 1 amide bonds. The molecule has 2 aliphatic rings. The molecule has 1 saturated carbocycles. The molecule has 1 heterocycles. The van der Waals surface area contributed by atoms with E-state index < -0.39 is 17.6 Å². The van der Waals surface area contributed by atoms with Gasteiger partial charge in [-0.25, -0.2) is 4.79 Å². The Bertz CT molecular complexity index is 402. The van der Waals surface area contributed by atoms with Crippen LogP contribution in [0.1, 0.15) is 58.8 Å². The molecule has 120 valence electrons. The molecule has 0 bridgehead atoms. The Kier molecular flexibility index (Phi) is 4.91. The standard InChI is InChI=1S/C16H28N2O3/c1-16(2,17(3)12-8-5-4-6-9-12)15(21)18-11-7-10-13(18)14(19)20/h12-13H,4-11H2,1-3H3,(H,19,20). The molecule has 2 fully saturated rings. The maximum absolute atomic E-state index is 12.9. The maximum Gasteiger partial charge on any atom is 0.326 e. The highest BCUT2D eigenvalue weighted by Crippen LogP contribution is 2.30. The van der Waals surface area contributed by atoms with Crippen molar-refractivity contribution in [3.05, 3.63) is 0 Å². The van der Waals surface area contributed by atoms with E-state index in [9.17, 15) is 14.7 Å². The number of carbonyl (C=O) groups excluding carboxylic acids is 1. The summed E-state index contributed by atoms with van der Waals surface area (Å²) in [6.45, 7) is 4.43. The lowest BCUT2D eigenvalue weighted by Crippen LogP contribution is -2.59. The number of carbonyl (C=O) groups is 2. The number of hydrogen-bond donors (Lipinski definition) is 1. The first-order valence-electron chi connectivity index (χ1n) is 8.12. The molecule has 1 aliphatic heterocycles. The summed E-state index contributed by atoms with van der Waals surface area (Å²) in [5.74, 6) is -0.919. The van der Waals surface area contributed by atoms with Crippen molar-refractivity contribution in [3.8, 4) is 0 Å². The zero-order valence-electron chi connectivity index (χ0n) is 13.5. The van der Waals surface area contributed by atoms with Gasteiger partial charge in [0.05, 0.1) is 5.54 Å². The second kappa shape index (κ2) is 6.34. The number of hydrogen-bond acceptors (Lipinski definition) is 3. The van der Waals surface area contributed by atoms with Gasteiger partial charge in [-0.3, -0.25) is 9.69 Å². The van der Waals surface area contributed by atoms with Gasteiger partial charge in [0.2, 0.25) is 5.91 Å². The molecule has 2 rings (SSSR count). The molecular formula is C16H28N2O3. The Morgan fingerprint density at radius 2 is 1.71 bits per heavy atom. The molecule has 1 aliphatic carbocycles. The molecule has 1 atom stereocenters. The molecule has 5 heteroatoms. The third-order valence-corrected chi connectivity index (χ3v) is 5.33. The molecule has 5 nitrogen and oxygen atoms in total. The van der Waals surface area contributed by atoms with E-state index in [1.54, 1.807) is 4.90 Å². The van der Waals surface area contributed by atoms with E-state index >= 15 is 0 Å². The minimum atomic E-state index is -0.878. The lowest BCUT2D eigenvalue weighted by molar-refractivity contribution is -0.154. The van der Waals surface area contributed by atoms with Gasteiger partial charge in [0.15, 0.2) is 0 Å². The van der Waals surface area contributed by atoms with Crippen molar-refractivity contribution in [2.45, 2.75) is 76.4 Å². The van der Waals surface area contributed by atoms with Crippen molar-refractivity contribution in [1.29, 1.82) is 0 Å². The second-order valence-electron chi connectivity index (χ2n) is 6.96. The smallest absolute Gasteiger partial charge is 0.326 e. The van der Waals surface area contributed by atoms with Crippen LogP contribution in [0.2, 0.25) is 0 Å². The van der Waals surface area contributed by atoms with Crippen LogP contribution in [0, 0.1) is 0 Å². The number of amides is 1. The number of aliphatic carboxylic acids is 1. The van der Waals surface area contributed by atoms with Gasteiger partial charge in [-0.05, 0) is 46.6 Å². The molecule has 0 radical (unpaired) electrons. The fourth-order valence-corrected chi connectivity index (χ4v) is 3.69. The molecule has 1 saturated heterocycles. The normalized spacial score (nSPS) is 24.6. The fraction of sp³-hybridized carbons (Fsp3) is 0.875. The average Bonchev–Trinajstić information content (AvgIpc) is 2.96. The number of carboxylic acid groups (broad SMARTS) is 1. The number of carboxylic acids is 1. The van der Waals surface area contributed by atoms with E-state index in [1.807, 2.05) is 20.9 Å². The highest BCUT2D eigenvalue weighted by Gasteiger charge is 2.44. The van der Waals surface area contributed by atoms with Gasteiger partial charge in [0.25, 0.3) is 0 Å². The quantitative estimate of drug-likeness (QED) is 0.863. The molecular weight excluding hydrogens is 268 g/mol. The summed E-state index contributed by atoms with van der Waals surface area (Å²) >= 11 is 0. The first-order valence-corrected chi connectivity index (χ1v) is 8.12. The second-order valence-corrected chi connectivity index (χ2v) is 6.96. The summed E-state index contributed by atoms with van der Waals surface area (Å²) in [5.41, 5.74) is -0.639. The van der Waals surface area contributed by atoms with E-state index in [1.165, 1.54) is 19.3 Å². The van der Waals surface area contributed by atoms with Crippen molar-refractivity contribution < 1.29 is 14.7 Å². The summed E-state index contributed by atoms with van der Waals surface area (Å²) in [6.07, 6.45) is 7.36. The zero-order chi connectivity index (χ0) is 15.6. The van der Waals surface area contributed by atoms with E-state index in [0.29, 0.717) is 19.0 Å². The predicted octanol–water partition coefficient (Wildman–Crippen LogP) is 2.11.